The molecule has 0 aliphatic rings. The minimum absolute atomic E-state index is 0.110. The van der Waals surface area contributed by atoms with Gasteiger partial charge in [-0.15, -0.1) is 11.8 Å². The highest BCUT2D eigenvalue weighted by Crippen LogP contribution is 2.23. The first-order chi connectivity index (χ1) is 10.0. The smallest absolute Gasteiger partial charge is 0.0610 e. The lowest BCUT2D eigenvalue weighted by Gasteiger charge is -2.28. The third kappa shape index (κ3) is 6.86. The average Bonchev–Trinajstić information content (AvgIpc) is 2.48. The summed E-state index contributed by atoms with van der Waals surface area (Å²) < 4.78 is 0. The summed E-state index contributed by atoms with van der Waals surface area (Å²) in [5.74, 6) is 1.15. The van der Waals surface area contributed by atoms with Crippen LogP contribution < -0.4 is 5.32 Å². The zero-order chi connectivity index (χ0) is 15.7. The molecule has 0 bridgehead atoms. The van der Waals surface area contributed by atoms with Crippen LogP contribution in [-0.4, -0.2) is 29.5 Å². The van der Waals surface area contributed by atoms with Crippen molar-refractivity contribution < 1.29 is 5.11 Å². The van der Waals surface area contributed by atoms with E-state index in [2.05, 4.69) is 51.2 Å². The first-order valence-corrected chi connectivity index (χ1v) is 9.05. The molecule has 0 spiro atoms. The van der Waals surface area contributed by atoms with E-state index >= 15 is 0 Å². The molecule has 0 saturated heterocycles. The van der Waals surface area contributed by atoms with E-state index in [1.807, 2.05) is 11.8 Å². The van der Waals surface area contributed by atoms with Crippen molar-refractivity contribution in [2.45, 2.75) is 63.8 Å². The lowest BCUT2D eigenvalue weighted by molar-refractivity contribution is 0.163. The highest BCUT2D eigenvalue weighted by atomic mass is 32.2. The number of hydrogen-bond acceptors (Lipinski definition) is 3. The molecule has 1 atom stereocenters. The van der Waals surface area contributed by atoms with E-state index in [1.165, 1.54) is 22.4 Å². The lowest BCUT2D eigenvalue weighted by Crippen LogP contribution is -2.46. The van der Waals surface area contributed by atoms with Gasteiger partial charge in [0.2, 0.25) is 0 Å². The Balaban J connectivity index is 2.25. The number of unbranched alkanes of at least 4 members (excludes halogenated alkanes) is 1. The molecule has 0 saturated carbocycles. The molecule has 1 rings (SSSR count). The largest absolute Gasteiger partial charge is 0.394 e. The molecule has 1 aromatic carbocycles. The number of nitrogens with one attached hydrogen (secondary N) is 1. The van der Waals surface area contributed by atoms with Crippen LogP contribution in [0.1, 0.15) is 50.7 Å². The van der Waals surface area contributed by atoms with Gasteiger partial charge < -0.3 is 10.4 Å². The Labute approximate surface area is 134 Å². The van der Waals surface area contributed by atoms with Gasteiger partial charge >= 0.3 is 0 Å². The van der Waals surface area contributed by atoms with Crippen LogP contribution in [-0.2, 0) is 0 Å². The molecule has 3 heteroatoms. The third-order valence-corrected chi connectivity index (χ3v) is 5.10. The molecule has 0 fully saturated rings. The maximum Gasteiger partial charge on any atom is 0.0610 e. The predicted octanol–water partition coefficient (Wildman–Crippen LogP) is 4.32. The summed E-state index contributed by atoms with van der Waals surface area (Å²) in [5, 5.41) is 13.0. The number of rotatable bonds is 10. The van der Waals surface area contributed by atoms with Gasteiger partial charge in [0.05, 0.1) is 6.61 Å². The lowest BCUT2D eigenvalue weighted by atomic mass is 9.96. The monoisotopic (exact) mass is 309 g/mol. The Morgan fingerprint density at radius 3 is 2.57 bits per heavy atom. The van der Waals surface area contributed by atoms with Crippen molar-refractivity contribution in [3.8, 4) is 0 Å². The fourth-order valence-corrected chi connectivity index (χ4v) is 3.27. The molecule has 0 aromatic heterocycles. The second-order valence-corrected chi connectivity index (χ2v) is 7.37. The Kier molecular flexibility index (Phi) is 8.38. The number of hydrogen-bond donors (Lipinski definition) is 2. The van der Waals surface area contributed by atoms with Gasteiger partial charge in [-0.2, -0.15) is 0 Å². The second-order valence-electron chi connectivity index (χ2n) is 6.20. The standard InChI is InChI=1S/C18H31NOS/c1-5-11-19-18(4,14-20)10-6-7-12-21-17-9-8-15(2)16(3)13-17/h8-9,13,19-20H,5-7,10-12,14H2,1-4H3. The van der Waals surface area contributed by atoms with Crippen LogP contribution in [0, 0.1) is 13.8 Å². The fourth-order valence-electron chi connectivity index (χ4n) is 2.26. The van der Waals surface area contributed by atoms with Crippen molar-refractivity contribution in [3.63, 3.8) is 0 Å². The maximum atomic E-state index is 9.54. The molecule has 2 nitrogen and oxygen atoms in total. The van der Waals surface area contributed by atoms with Gasteiger partial charge in [-0.1, -0.05) is 19.4 Å². The van der Waals surface area contributed by atoms with Crippen LogP contribution >= 0.6 is 11.8 Å². The first kappa shape index (κ1) is 18.5. The molecule has 21 heavy (non-hydrogen) atoms. The van der Waals surface area contributed by atoms with Crippen molar-refractivity contribution in [3.05, 3.63) is 29.3 Å². The highest BCUT2D eigenvalue weighted by Gasteiger charge is 2.21. The van der Waals surface area contributed by atoms with E-state index in [0.29, 0.717) is 0 Å². The molecule has 2 N–H and O–H groups in total. The Hall–Kier alpha value is -0.510. The first-order valence-electron chi connectivity index (χ1n) is 8.06. The second kappa shape index (κ2) is 9.50. The van der Waals surface area contributed by atoms with Crippen LogP contribution in [0.15, 0.2) is 23.1 Å². The van der Waals surface area contributed by atoms with E-state index in [4.69, 9.17) is 0 Å². The van der Waals surface area contributed by atoms with Crippen LogP contribution in [0.3, 0.4) is 0 Å². The van der Waals surface area contributed by atoms with Gasteiger partial charge in [-0.25, -0.2) is 0 Å². The van der Waals surface area contributed by atoms with Crippen LogP contribution in [0.5, 0.6) is 0 Å². The van der Waals surface area contributed by atoms with E-state index in [0.717, 1.165) is 31.6 Å². The molecule has 1 aromatic rings. The average molecular weight is 310 g/mol. The van der Waals surface area contributed by atoms with Gasteiger partial charge in [0, 0.05) is 10.4 Å². The molecule has 1 unspecified atom stereocenters. The van der Waals surface area contributed by atoms with E-state index in [-0.39, 0.29) is 12.1 Å². The number of aliphatic hydroxyl groups excluding tert-OH is 1. The summed E-state index contributed by atoms with van der Waals surface area (Å²) in [6.45, 7) is 9.81. The zero-order valence-corrected chi connectivity index (χ0v) is 14.9. The fraction of sp³-hybridized carbons (Fsp3) is 0.667. The van der Waals surface area contributed by atoms with Crippen molar-refractivity contribution in [2.75, 3.05) is 18.9 Å². The Bertz CT molecular complexity index is 422. The summed E-state index contributed by atoms with van der Waals surface area (Å²) >= 11 is 1.94. The summed E-state index contributed by atoms with van der Waals surface area (Å²) in [4.78, 5) is 1.37. The van der Waals surface area contributed by atoms with Crippen molar-refractivity contribution in [1.29, 1.82) is 0 Å². The van der Waals surface area contributed by atoms with Crippen LogP contribution in [0.4, 0.5) is 0 Å². The Morgan fingerprint density at radius 1 is 1.19 bits per heavy atom. The van der Waals surface area contributed by atoms with E-state index in [1.54, 1.807) is 0 Å². The van der Waals surface area contributed by atoms with Crippen molar-refractivity contribution >= 4 is 11.8 Å². The predicted molar refractivity (Wildman–Crippen MR) is 94.3 cm³/mol. The maximum absolute atomic E-state index is 9.54. The third-order valence-electron chi connectivity index (χ3n) is 4.02. The molecule has 0 aliphatic carbocycles. The molecule has 0 heterocycles. The van der Waals surface area contributed by atoms with Crippen molar-refractivity contribution in [1.82, 2.24) is 5.32 Å². The van der Waals surface area contributed by atoms with E-state index < -0.39 is 0 Å². The number of benzene rings is 1. The van der Waals surface area contributed by atoms with Crippen LogP contribution in [0.25, 0.3) is 0 Å². The quantitative estimate of drug-likeness (QED) is 0.499. The molecule has 120 valence electrons. The molecular formula is C18H31NOS. The summed E-state index contributed by atoms with van der Waals surface area (Å²) in [6, 6.07) is 6.70. The summed E-state index contributed by atoms with van der Waals surface area (Å²) in [5.41, 5.74) is 2.62. The Morgan fingerprint density at radius 2 is 1.95 bits per heavy atom. The molecule has 0 amide bonds. The summed E-state index contributed by atoms with van der Waals surface area (Å²) in [6.07, 6.45) is 4.50. The van der Waals surface area contributed by atoms with Crippen LogP contribution in [0.2, 0.25) is 0 Å². The minimum atomic E-state index is -0.110. The normalized spacial score (nSPS) is 14.1. The van der Waals surface area contributed by atoms with Gasteiger partial charge in [0.15, 0.2) is 0 Å². The van der Waals surface area contributed by atoms with Gasteiger partial charge in [-0.05, 0) is 75.6 Å². The number of thioether (sulfide) groups is 1. The molecule has 0 aliphatic heterocycles. The topological polar surface area (TPSA) is 32.3 Å². The molecule has 0 radical (unpaired) electrons. The van der Waals surface area contributed by atoms with Gasteiger partial charge in [0.25, 0.3) is 0 Å². The van der Waals surface area contributed by atoms with Gasteiger partial charge in [-0.3, -0.25) is 0 Å². The zero-order valence-electron chi connectivity index (χ0n) is 14.0. The molecular weight excluding hydrogens is 278 g/mol. The minimum Gasteiger partial charge on any atom is -0.394 e. The highest BCUT2D eigenvalue weighted by molar-refractivity contribution is 7.99. The SMILES string of the molecule is CCCNC(C)(CO)CCCCSc1ccc(C)c(C)c1. The van der Waals surface area contributed by atoms with Crippen molar-refractivity contribution in [2.24, 2.45) is 0 Å². The number of aliphatic hydroxyl groups is 1. The summed E-state index contributed by atoms with van der Waals surface area (Å²) in [7, 11) is 0. The van der Waals surface area contributed by atoms with E-state index in [9.17, 15) is 5.11 Å². The van der Waals surface area contributed by atoms with Gasteiger partial charge in [0.1, 0.15) is 0 Å². The number of aryl methyl sites for hydroxylation is 2.